The molecule has 1 N–H and O–H groups in total. The molecule has 0 saturated carbocycles. The standard InChI is InChI=1S/C17H19NO7/c1-17(2,3)24-15(22)14(10-4-6-11(19)7-5-10)16(23)25-18-12(20)8-9-13(18)21/h4-7,14,19H,8-9H2,1-3H3. The van der Waals surface area contributed by atoms with Crippen LogP contribution in [0.25, 0.3) is 0 Å². The van der Waals surface area contributed by atoms with Gasteiger partial charge in [0, 0.05) is 12.8 Å². The zero-order chi connectivity index (χ0) is 18.8. The number of esters is 1. The summed E-state index contributed by atoms with van der Waals surface area (Å²) in [7, 11) is 0. The topological polar surface area (TPSA) is 110 Å². The summed E-state index contributed by atoms with van der Waals surface area (Å²) in [5.41, 5.74) is -0.651. The number of phenolic OH excluding ortho intramolecular Hbond substituents is 1. The Hall–Kier alpha value is -2.90. The van der Waals surface area contributed by atoms with Gasteiger partial charge in [-0.3, -0.25) is 14.4 Å². The molecule has 0 radical (unpaired) electrons. The van der Waals surface area contributed by atoms with Gasteiger partial charge in [0.2, 0.25) is 0 Å². The van der Waals surface area contributed by atoms with Crippen LogP contribution in [0.4, 0.5) is 0 Å². The van der Waals surface area contributed by atoms with Crippen molar-refractivity contribution in [2.45, 2.75) is 45.1 Å². The number of imide groups is 1. The third-order valence-electron chi connectivity index (χ3n) is 3.29. The highest BCUT2D eigenvalue weighted by molar-refractivity contribution is 6.05. The van der Waals surface area contributed by atoms with Crippen LogP contribution in [0.15, 0.2) is 24.3 Å². The maximum Gasteiger partial charge on any atom is 0.351 e. The van der Waals surface area contributed by atoms with Gasteiger partial charge in [-0.2, -0.15) is 0 Å². The second-order valence-corrected chi connectivity index (χ2v) is 6.55. The lowest BCUT2D eigenvalue weighted by atomic mass is 9.99. The molecule has 8 heteroatoms. The summed E-state index contributed by atoms with van der Waals surface area (Å²) in [5, 5.41) is 9.75. The first-order valence-corrected chi connectivity index (χ1v) is 7.68. The lowest BCUT2D eigenvalue weighted by Crippen LogP contribution is -2.38. The molecule has 1 atom stereocenters. The molecule has 1 heterocycles. The van der Waals surface area contributed by atoms with Crippen LogP contribution >= 0.6 is 0 Å². The smallest absolute Gasteiger partial charge is 0.351 e. The van der Waals surface area contributed by atoms with E-state index in [1.54, 1.807) is 20.8 Å². The summed E-state index contributed by atoms with van der Waals surface area (Å²) in [6, 6.07) is 5.32. The summed E-state index contributed by atoms with van der Waals surface area (Å²) in [6.07, 6.45) is -0.106. The van der Waals surface area contributed by atoms with Crippen LogP contribution in [0.5, 0.6) is 5.75 Å². The average molecular weight is 349 g/mol. The number of benzene rings is 1. The van der Waals surface area contributed by atoms with Crippen LogP contribution in [0.2, 0.25) is 0 Å². The molecule has 2 amide bonds. The van der Waals surface area contributed by atoms with Gasteiger partial charge >= 0.3 is 11.9 Å². The lowest BCUT2D eigenvalue weighted by molar-refractivity contribution is -0.201. The van der Waals surface area contributed by atoms with Crippen LogP contribution in [0, 0.1) is 0 Å². The third-order valence-corrected chi connectivity index (χ3v) is 3.29. The summed E-state index contributed by atoms with van der Waals surface area (Å²) < 4.78 is 5.23. The van der Waals surface area contributed by atoms with Crippen molar-refractivity contribution in [3.8, 4) is 5.75 Å². The first-order valence-electron chi connectivity index (χ1n) is 7.68. The number of hydrogen-bond donors (Lipinski definition) is 1. The minimum Gasteiger partial charge on any atom is -0.508 e. The van der Waals surface area contributed by atoms with Gasteiger partial charge in [-0.1, -0.05) is 12.1 Å². The van der Waals surface area contributed by atoms with Crippen molar-refractivity contribution in [3.05, 3.63) is 29.8 Å². The number of carbonyl (C=O) groups excluding carboxylic acids is 4. The van der Waals surface area contributed by atoms with Crippen molar-refractivity contribution >= 4 is 23.8 Å². The van der Waals surface area contributed by atoms with Gasteiger partial charge in [0.1, 0.15) is 11.4 Å². The Labute approximate surface area is 144 Å². The molecule has 2 rings (SSSR count). The molecule has 0 aliphatic carbocycles. The normalized spacial score (nSPS) is 15.9. The number of hydroxylamine groups is 2. The molecule has 1 saturated heterocycles. The minimum atomic E-state index is -1.50. The number of amides is 2. The first-order chi connectivity index (χ1) is 11.6. The molecule has 1 aliphatic rings. The van der Waals surface area contributed by atoms with Crippen LogP contribution in [0.3, 0.4) is 0 Å². The summed E-state index contributed by atoms with van der Waals surface area (Å²) in [4.78, 5) is 53.0. The number of hydrogen-bond acceptors (Lipinski definition) is 7. The Morgan fingerprint density at radius 3 is 2.04 bits per heavy atom. The Morgan fingerprint density at radius 2 is 1.56 bits per heavy atom. The monoisotopic (exact) mass is 349 g/mol. The van der Waals surface area contributed by atoms with E-state index in [9.17, 15) is 24.3 Å². The molecular formula is C17H19NO7. The van der Waals surface area contributed by atoms with Crippen molar-refractivity contribution in [1.29, 1.82) is 0 Å². The molecule has 0 aromatic heterocycles. The molecule has 1 unspecified atom stereocenters. The van der Waals surface area contributed by atoms with E-state index in [0.29, 0.717) is 5.06 Å². The van der Waals surface area contributed by atoms with Crippen molar-refractivity contribution in [1.82, 2.24) is 5.06 Å². The summed E-state index contributed by atoms with van der Waals surface area (Å²) in [6.45, 7) is 4.91. The van der Waals surface area contributed by atoms with E-state index in [1.165, 1.54) is 24.3 Å². The lowest BCUT2D eigenvalue weighted by Gasteiger charge is -2.24. The van der Waals surface area contributed by atoms with Gasteiger partial charge in [-0.25, -0.2) is 4.79 Å². The molecular weight excluding hydrogens is 330 g/mol. The van der Waals surface area contributed by atoms with E-state index in [0.717, 1.165) is 0 Å². The number of nitrogens with zero attached hydrogens (tertiary/aromatic N) is 1. The Morgan fingerprint density at radius 1 is 1.04 bits per heavy atom. The van der Waals surface area contributed by atoms with Crippen LogP contribution in [0.1, 0.15) is 45.1 Å². The Balaban J connectivity index is 2.28. The van der Waals surface area contributed by atoms with E-state index in [2.05, 4.69) is 0 Å². The van der Waals surface area contributed by atoms with Crippen molar-refractivity contribution in [2.75, 3.05) is 0 Å². The van der Waals surface area contributed by atoms with Gasteiger partial charge in [-0.15, -0.1) is 5.06 Å². The van der Waals surface area contributed by atoms with Gasteiger partial charge in [-0.05, 0) is 38.5 Å². The van der Waals surface area contributed by atoms with Crippen LogP contribution < -0.4 is 0 Å². The molecule has 1 fully saturated rings. The molecule has 1 aromatic rings. The number of aromatic hydroxyl groups is 1. The molecule has 8 nitrogen and oxygen atoms in total. The zero-order valence-electron chi connectivity index (χ0n) is 14.1. The van der Waals surface area contributed by atoms with Crippen molar-refractivity contribution in [2.24, 2.45) is 0 Å². The average Bonchev–Trinajstić information content (AvgIpc) is 2.79. The number of ether oxygens (including phenoxy) is 1. The molecule has 0 spiro atoms. The van der Waals surface area contributed by atoms with E-state index in [4.69, 9.17) is 9.57 Å². The molecule has 1 aromatic carbocycles. The highest BCUT2D eigenvalue weighted by Crippen LogP contribution is 2.25. The Bertz CT molecular complexity index is 687. The Kier molecular flexibility index (Phi) is 5.10. The maximum atomic E-state index is 12.5. The fourth-order valence-corrected chi connectivity index (χ4v) is 2.20. The molecule has 134 valence electrons. The second kappa shape index (κ2) is 6.92. The largest absolute Gasteiger partial charge is 0.508 e. The fourth-order valence-electron chi connectivity index (χ4n) is 2.20. The second-order valence-electron chi connectivity index (χ2n) is 6.55. The van der Waals surface area contributed by atoms with Gasteiger partial charge < -0.3 is 14.7 Å². The summed E-state index contributed by atoms with van der Waals surface area (Å²) in [5.74, 6) is -4.84. The van der Waals surface area contributed by atoms with Crippen LogP contribution in [-0.2, 0) is 28.8 Å². The molecule has 25 heavy (non-hydrogen) atoms. The highest BCUT2D eigenvalue weighted by Gasteiger charge is 2.39. The third kappa shape index (κ3) is 4.56. The number of phenols is 1. The van der Waals surface area contributed by atoms with Gasteiger partial charge in [0.15, 0.2) is 5.92 Å². The molecule has 0 bridgehead atoms. The van der Waals surface area contributed by atoms with Crippen molar-refractivity contribution in [3.63, 3.8) is 0 Å². The van der Waals surface area contributed by atoms with Crippen molar-refractivity contribution < 1.29 is 33.9 Å². The minimum absolute atomic E-state index is 0.0510. The molecule has 1 aliphatic heterocycles. The zero-order valence-corrected chi connectivity index (χ0v) is 14.1. The number of rotatable bonds is 4. The summed E-state index contributed by atoms with van der Waals surface area (Å²) >= 11 is 0. The van der Waals surface area contributed by atoms with E-state index >= 15 is 0 Å². The fraction of sp³-hybridized carbons (Fsp3) is 0.412. The van der Waals surface area contributed by atoms with Gasteiger partial charge in [0.25, 0.3) is 11.8 Å². The van der Waals surface area contributed by atoms with E-state index in [1.807, 2.05) is 0 Å². The maximum absolute atomic E-state index is 12.5. The van der Waals surface area contributed by atoms with Gasteiger partial charge in [0.05, 0.1) is 0 Å². The predicted octanol–water partition coefficient (Wildman–Crippen LogP) is 1.42. The quantitative estimate of drug-likeness (QED) is 0.497. The van der Waals surface area contributed by atoms with Crippen LogP contribution in [-0.4, -0.2) is 39.5 Å². The first kappa shape index (κ1) is 18.4. The SMILES string of the molecule is CC(C)(C)OC(=O)C(C(=O)ON1C(=O)CCC1=O)c1ccc(O)cc1. The van der Waals surface area contributed by atoms with E-state index in [-0.39, 0.29) is 24.2 Å². The number of carbonyl (C=O) groups is 4. The highest BCUT2D eigenvalue weighted by atomic mass is 16.7. The van der Waals surface area contributed by atoms with E-state index < -0.39 is 35.3 Å². The predicted molar refractivity (Wildman–Crippen MR) is 83.9 cm³/mol.